The Morgan fingerprint density at radius 3 is 1.00 bits per heavy atom. The van der Waals surface area contributed by atoms with Crippen molar-refractivity contribution in [2.75, 3.05) is 0 Å². The molecule has 0 heterocycles. The number of carboxylic acid groups (broad SMARTS) is 1. The predicted octanol–water partition coefficient (Wildman–Crippen LogP) is 10.4. The van der Waals surface area contributed by atoms with Crippen LogP contribution in [0.1, 0.15) is 167 Å². The quantitative estimate of drug-likeness (QED) is 0.108. The Morgan fingerprint density at radius 1 is 0.484 bits per heavy atom. The summed E-state index contributed by atoms with van der Waals surface area (Å²) >= 11 is 0. The minimum Gasteiger partial charge on any atom is -0.481 e. The largest absolute Gasteiger partial charge is 0.481 e. The normalized spacial score (nSPS) is 11.5. The highest BCUT2D eigenvalue weighted by molar-refractivity contribution is 5.66. The molecule has 184 valence electrons. The van der Waals surface area contributed by atoms with Gasteiger partial charge in [-0.05, 0) is 26.2 Å². The molecule has 0 atom stereocenters. The molecule has 0 unspecified atom stereocenters. The van der Waals surface area contributed by atoms with Gasteiger partial charge in [-0.3, -0.25) is 4.79 Å². The van der Waals surface area contributed by atoms with Crippen molar-refractivity contribution in [3.63, 3.8) is 0 Å². The second-order valence-electron chi connectivity index (χ2n) is 9.63. The monoisotopic (exact) mass is 436 g/mol. The summed E-state index contributed by atoms with van der Waals surface area (Å²) < 4.78 is 0. The minimum atomic E-state index is -0.650. The molecule has 31 heavy (non-hydrogen) atoms. The van der Waals surface area contributed by atoms with Gasteiger partial charge in [-0.25, -0.2) is 0 Å². The van der Waals surface area contributed by atoms with Crippen molar-refractivity contribution in [3.05, 3.63) is 12.2 Å². The maximum Gasteiger partial charge on any atom is 0.303 e. The van der Waals surface area contributed by atoms with Crippen molar-refractivity contribution in [2.45, 2.75) is 167 Å². The van der Waals surface area contributed by atoms with Crippen LogP contribution in [0.4, 0.5) is 0 Å². The van der Waals surface area contributed by atoms with Gasteiger partial charge in [0.05, 0.1) is 0 Å². The van der Waals surface area contributed by atoms with Crippen LogP contribution < -0.4 is 0 Å². The lowest BCUT2D eigenvalue weighted by Gasteiger charge is -2.04. The topological polar surface area (TPSA) is 37.3 Å². The van der Waals surface area contributed by atoms with E-state index >= 15 is 0 Å². The molecule has 0 spiro atoms. The number of hydrogen-bond donors (Lipinski definition) is 1. The third-order valence-electron chi connectivity index (χ3n) is 6.50. The third-order valence-corrected chi connectivity index (χ3v) is 6.50. The Balaban J connectivity index is 3.01. The molecular formula is C29H56O2. The zero-order valence-electron chi connectivity index (χ0n) is 21.2. The van der Waals surface area contributed by atoms with E-state index in [1.165, 1.54) is 141 Å². The molecule has 0 aliphatic carbocycles. The lowest BCUT2D eigenvalue weighted by molar-refractivity contribution is -0.137. The summed E-state index contributed by atoms with van der Waals surface area (Å²) in [6.45, 7) is 2.11. The van der Waals surface area contributed by atoms with Gasteiger partial charge in [0.25, 0.3) is 0 Å². The molecule has 0 aliphatic rings. The average molecular weight is 437 g/mol. The van der Waals surface area contributed by atoms with E-state index < -0.39 is 5.97 Å². The molecular weight excluding hydrogens is 380 g/mol. The number of unbranched alkanes of at least 4 members (excludes halogenated alkanes) is 23. The van der Waals surface area contributed by atoms with Gasteiger partial charge in [-0.2, -0.15) is 0 Å². The highest BCUT2D eigenvalue weighted by Gasteiger charge is 1.97. The molecule has 0 radical (unpaired) electrons. The number of rotatable bonds is 26. The van der Waals surface area contributed by atoms with Gasteiger partial charge >= 0.3 is 5.97 Å². The number of aliphatic carboxylic acids is 1. The van der Waals surface area contributed by atoms with Crippen molar-refractivity contribution in [1.29, 1.82) is 0 Å². The maximum absolute atomic E-state index is 10.4. The van der Waals surface area contributed by atoms with E-state index in [9.17, 15) is 4.79 Å². The molecule has 0 fully saturated rings. The fourth-order valence-corrected chi connectivity index (χ4v) is 4.42. The molecule has 0 rings (SSSR count). The molecule has 0 aromatic heterocycles. The minimum absolute atomic E-state index is 0.345. The maximum atomic E-state index is 10.4. The lowest BCUT2D eigenvalue weighted by Crippen LogP contribution is -1.93. The second kappa shape index (κ2) is 27.2. The Labute approximate surface area is 195 Å². The molecule has 0 saturated heterocycles. The highest BCUT2D eigenvalue weighted by atomic mass is 16.4. The summed E-state index contributed by atoms with van der Waals surface area (Å²) in [5.74, 6) is -0.650. The van der Waals surface area contributed by atoms with Crippen molar-refractivity contribution >= 4 is 5.97 Å². The SMILES string of the molecule is CC=CCCCCCCCCCCCCCCCCCCCCCCCCCC(=O)O. The van der Waals surface area contributed by atoms with E-state index in [0.29, 0.717) is 6.42 Å². The molecule has 0 saturated carbocycles. The van der Waals surface area contributed by atoms with Gasteiger partial charge in [0.1, 0.15) is 0 Å². The highest BCUT2D eigenvalue weighted by Crippen LogP contribution is 2.15. The first-order valence-corrected chi connectivity index (χ1v) is 14.1. The zero-order chi connectivity index (χ0) is 22.7. The first kappa shape index (κ1) is 30.2. The lowest BCUT2D eigenvalue weighted by atomic mass is 10.0. The van der Waals surface area contributed by atoms with Crippen LogP contribution in [-0.4, -0.2) is 11.1 Å². The van der Waals surface area contributed by atoms with Gasteiger partial charge in [0.15, 0.2) is 0 Å². The average Bonchev–Trinajstić information content (AvgIpc) is 2.76. The van der Waals surface area contributed by atoms with Crippen molar-refractivity contribution in [1.82, 2.24) is 0 Å². The van der Waals surface area contributed by atoms with E-state index in [1.54, 1.807) is 0 Å². The van der Waals surface area contributed by atoms with E-state index in [2.05, 4.69) is 19.1 Å². The third kappa shape index (κ3) is 29.2. The molecule has 0 amide bonds. The van der Waals surface area contributed by atoms with E-state index in [4.69, 9.17) is 5.11 Å². The summed E-state index contributed by atoms with van der Waals surface area (Å²) in [5, 5.41) is 8.60. The predicted molar refractivity (Wildman–Crippen MR) is 138 cm³/mol. The van der Waals surface area contributed by atoms with Crippen LogP contribution in [0, 0.1) is 0 Å². The molecule has 0 aromatic rings. The van der Waals surface area contributed by atoms with Gasteiger partial charge in [-0.1, -0.05) is 147 Å². The van der Waals surface area contributed by atoms with Crippen LogP contribution in [0.5, 0.6) is 0 Å². The van der Waals surface area contributed by atoms with Gasteiger partial charge < -0.3 is 5.11 Å². The summed E-state index contributed by atoms with van der Waals surface area (Å²) in [7, 11) is 0. The second-order valence-corrected chi connectivity index (χ2v) is 9.63. The van der Waals surface area contributed by atoms with E-state index in [1.807, 2.05) is 0 Å². The number of carbonyl (C=O) groups is 1. The molecule has 0 bridgehead atoms. The first-order valence-electron chi connectivity index (χ1n) is 14.1. The van der Waals surface area contributed by atoms with Gasteiger partial charge in [-0.15, -0.1) is 0 Å². The Morgan fingerprint density at radius 2 is 0.742 bits per heavy atom. The Bertz CT molecular complexity index is 375. The van der Waals surface area contributed by atoms with Crippen LogP contribution in [-0.2, 0) is 4.79 Å². The van der Waals surface area contributed by atoms with Crippen LogP contribution in [0.3, 0.4) is 0 Å². The van der Waals surface area contributed by atoms with Gasteiger partial charge in [0, 0.05) is 6.42 Å². The molecule has 2 nitrogen and oxygen atoms in total. The summed E-state index contributed by atoms with van der Waals surface area (Å²) in [5.41, 5.74) is 0. The van der Waals surface area contributed by atoms with Gasteiger partial charge in [0.2, 0.25) is 0 Å². The van der Waals surface area contributed by atoms with Crippen molar-refractivity contribution < 1.29 is 9.90 Å². The van der Waals surface area contributed by atoms with Crippen LogP contribution >= 0.6 is 0 Å². The molecule has 0 aromatic carbocycles. The number of hydrogen-bond acceptors (Lipinski definition) is 1. The van der Waals surface area contributed by atoms with E-state index in [-0.39, 0.29) is 0 Å². The fraction of sp³-hybridized carbons (Fsp3) is 0.897. The first-order chi connectivity index (χ1) is 15.3. The van der Waals surface area contributed by atoms with Crippen molar-refractivity contribution in [2.24, 2.45) is 0 Å². The standard InChI is InChI=1S/C29H56O2/c1-2-3-4-5-6-7-8-9-10-11-12-13-14-15-16-17-18-19-20-21-22-23-24-25-26-27-28-29(30)31/h2-3H,4-28H2,1H3,(H,30,31). The van der Waals surface area contributed by atoms with Crippen LogP contribution in [0.2, 0.25) is 0 Å². The summed E-state index contributed by atoms with van der Waals surface area (Å²) in [6.07, 6.45) is 37.7. The van der Waals surface area contributed by atoms with Crippen LogP contribution in [0.25, 0.3) is 0 Å². The summed E-state index contributed by atoms with van der Waals surface area (Å²) in [6, 6.07) is 0. The van der Waals surface area contributed by atoms with Crippen LogP contribution in [0.15, 0.2) is 12.2 Å². The molecule has 0 aliphatic heterocycles. The fourth-order valence-electron chi connectivity index (χ4n) is 4.42. The number of carboxylic acids is 1. The molecule has 2 heteroatoms. The Kier molecular flexibility index (Phi) is 26.5. The zero-order valence-corrected chi connectivity index (χ0v) is 21.2. The Hall–Kier alpha value is -0.790. The smallest absolute Gasteiger partial charge is 0.303 e. The summed E-state index contributed by atoms with van der Waals surface area (Å²) in [4.78, 5) is 10.4. The van der Waals surface area contributed by atoms with E-state index in [0.717, 1.165) is 12.8 Å². The number of allylic oxidation sites excluding steroid dienone is 2. The van der Waals surface area contributed by atoms with Crippen molar-refractivity contribution in [3.8, 4) is 0 Å². The molecule has 1 N–H and O–H groups in total.